The van der Waals surface area contributed by atoms with E-state index in [0.717, 1.165) is 5.56 Å². The highest BCUT2D eigenvalue weighted by molar-refractivity contribution is 5.86. The maximum atomic E-state index is 11.8. The summed E-state index contributed by atoms with van der Waals surface area (Å²) in [5.41, 5.74) is 2.00. The molecular weight excluding hydrogens is 280 g/mol. The smallest absolute Gasteiger partial charge is 0.242 e. The Morgan fingerprint density at radius 2 is 1.73 bits per heavy atom. The molecule has 1 aromatic rings. The number of carbonyl (C=O) groups excluding carboxylic acids is 2. The van der Waals surface area contributed by atoms with Crippen molar-refractivity contribution in [2.75, 3.05) is 6.54 Å². The molecule has 2 unspecified atom stereocenters. The van der Waals surface area contributed by atoms with Crippen LogP contribution in [0.2, 0.25) is 0 Å². The van der Waals surface area contributed by atoms with Gasteiger partial charge in [0, 0.05) is 13.5 Å². The van der Waals surface area contributed by atoms with Crippen molar-refractivity contribution in [3.63, 3.8) is 0 Å². The van der Waals surface area contributed by atoms with Crippen LogP contribution in [-0.2, 0) is 15.0 Å². The van der Waals surface area contributed by atoms with E-state index in [2.05, 4.69) is 31.4 Å². The average Bonchev–Trinajstić information content (AvgIpc) is 2.42. The Balaban J connectivity index is 2.57. The van der Waals surface area contributed by atoms with E-state index in [-0.39, 0.29) is 23.8 Å². The van der Waals surface area contributed by atoms with Crippen LogP contribution in [0.15, 0.2) is 24.3 Å². The van der Waals surface area contributed by atoms with Gasteiger partial charge in [-0.25, -0.2) is 0 Å². The van der Waals surface area contributed by atoms with E-state index in [1.807, 2.05) is 24.3 Å². The third kappa shape index (κ3) is 5.48. The van der Waals surface area contributed by atoms with Crippen LogP contribution < -0.4 is 10.6 Å². The van der Waals surface area contributed by atoms with Gasteiger partial charge in [-0.05, 0) is 23.5 Å². The van der Waals surface area contributed by atoms with E-state index in [1.54, 1.807) is 6.92 Å². The minimum Gasteiger partial charge on any atom is -0.387 e. The van der Waals surface area contributed by atoms with Crippen molar-refractivity contribution in [1.82, 2.24) is 10.6 Å². The molecule has 0 bridgehead atoms. The molecule has 22 heavy (non-hydrogen) atoms. The molecule has 0 heterocycles. The van der Waals surface area contributed by atoms with E-state index in [0.29, 0.717) is 0 Å². The predicted octanol–water partition coefficient (Wildman–Crippen LogP) is 1.66. The second kappa shape index (κ2) is 7.40. The number of hydrogen-bond donors (Lipinski definition) is 3. The average molecular weight is 306 g/mol. The van der Waals surface area contributed by atoms with Gasteiger partial charge in [0.2, 0.25) is 11.8 Å². The van der Waals surface area contributed by atoms with Gasteiger partial charge in [0.15, 0.2) is 0 Å². The van der Waals surface area contributed by atoms with Crippen molar-refractivity contribution in [2.24, 2.45) is 0 Å². The summed E-state index contributed by atoms with van der Waals surface area (Å²) in [5, 5.41) is 15.2. The molecule has 5 nitrogen and oxygen atoms in total. The molecule has 3 N–H and O–H groups in total. The van der Waals surface area contributed by atoms with Gasteiger partial charge < -0.3 is 15.7 Å². The Bertz CT molecular complexity index is 518. The molecule has 2 atom stereocenters. The van der Waals surface area contributed by atoms with Gasteiger partial charge in [-0.15, -0.1) is 0 Å². The van der Waals surface area contributed by atoms with Crippen LogP contribution in [0.5, 0.6) is 0 Å². The number of benzene rings is 1. The lowest BCUT2D eigenvalue weighted by Crippen LogP contribution is -2.45. The Morgan fingerprint density at radius 3 is 2.18 bits per heavy atom. The summed E-state index contributed by atoms with van der Waals surface area (Å²) in [5.74, 6) is -0.582. The maximum absolute atomic E-state index is 11.8. The van der Waals surface area contributed by atoms with E-state index >= 15 is 0 Å². The van der Waals surface area contributed by atoms with Crippen molar-refractivity contribution < 1.29 is 14.7 Å². The second-order valence-corrected chi connectivity index (χ2v) is 6.56. The molecule has 0 spiro atoms. The van der Waals surface area contributed by atoms with Gasteiger partial charge in [0.1, 0.15) is 6.04 Å². The minimum absolute atomic E-state index is 0.0610. The summed E-state index contributed by atoms with van der Waals surface area (Å²) in [7, 11) is 0. The van der Waals surface area contributed by atoms with Crippen LogP contribution in [0.4, 0.5) is 0 Å². The molecule has 0 aromatic heterocycles. The predicted molar refractivity (Wildman–Crippen MR) is 86.4 cm³/mol. The number of aliphatic hydroxyl groups is 1. The van der Waals surface area contributed by atoms with Crippen LogP contribution >= 0.6 is 0 Å². The van der Waals surface area contributed by atoms with Gasteiger partial charge in [-0.2, -0.15) is 0 Å². The first kappa shape index (κ1) is 18.2. The third-order valence-electron chi connectivity index (χ3n) is 3.44. The number of rotatable bonds is 5. The zero-order valence-corrected chi connectivity index (χ0v) is 13.9. The van der Waals surface area contributed by atoms with E-state index in [4.69, 9.17) is 0 Å². The summed E-state index contributed by atoms with van der Waals surface area (Å²) >= 11 is 0. The molecule has 1 rings (SSSR count). The molecule has 1 aromatic carbocycles. The highest BCUT2D eigenvalue weighted by Gasteiger charge is 2.17. The van der Waals surface area contributed by atoms with Crippen LogP contribution in [0, 0.1) is 0 Å². The summed E-state index contributed by atoms with van der Waals surface area (Å²) in [6.45, 7) is 9.44. The number of amides is 2. The Labute approximate surface area is 132 Å². The molecule has 2 amide bonds. The fourth-order valence-electron chi connectivity index (χ4n) is 2.04. The van der Waals surface area contributed by atoms with Crippen LogP contribution in [0.25, 0.3) is 0 Å². The Morgan fingerprint density at radius 1 is 1.18 bits per heavy atom. The fraction of sp³-hybridized carbons (Fsp3) is 0.529. The number of aliphatic hydroxyl groups excluding tert-OH is 1. The number of nitrogens with one attached hydrogen (secondary N) is 2. The molecule has 0 fully saturated rings. The van der Waals surface area contributed by atoms with Crippen LogP contribution in [-0.4, -0.2) is 29.5 Å². The molecule has 122 valence electrons. The number of hydrogen-bond acceptors (Lipinski definition) is 3. The van der Waals surface area contributed by atoms with E-state index < -0.39 is 12.1 Å². The second-order valence-electron chi connectivity index (χ2n) is 6.56. The van der Waals surface area contributed by atoms with Gasteiger partial charge in [-0.3, -0.25) is 9.59 Å². The van der Waals surface area contributed by atoms with E-state index in [9.17, 15) is 14.7 Å². The van der Waals surface area contributed by atoms with Crippen molar-refractivity contribution in [3.05, 3.63) is 35.4 Å². The highest BCUT2D eigenvalue weighted by atomic mass is 16.3. The zero-order chi connectivity index (χ0) is 16.9. The number of carbonyl (C=O) groups is 2. The molecule has 0 saturated carbocycles. The van der Waals surface area contributed by atoms with Crippen LogP contribution in [0.3, 0.4) is 0 Å². The molecular formula is C17H26N2O3. The maximum Gasteiger partial charge on any atom is 0.242 e. The van der Waals surface area contributed by atoms with Gasteiger partial charge in [0.05, 0.1) is 6.10 Å². The first-order valence-corrected chi connectivity index (χ1v) is 7.44. The molecule has 5 heteroatoms. The Hall–Kier alpha value is -1.88. The van der Waals surface area contributed by atoms with Crippen molar-refractivity contribution >= 4 is 11.8 Å². The molecule has 0 aliphatic heterocycles. The monoisotopic (exact) mass is 306 g/mol. The van der Waals surface area contributed by atoms with Gasteiger partial charge >= 0.3 is 0 Å². The summed E-state index contributed by atoms with van der Waals surface area (Å²) in [6.07, 6.45) is -0.775. The lowest BCUT2D eigenvalue weighted by atomic mass is 9.86. The van der Waals surface area contributed by atoms with Crippen LogP contribution in [0.1, 0.15) is 51.8 Å². The van der Waals surface area contributed by atoms with E-state index in [1.165, 1.54) is 12.5 Å². The lowest BCUT2D eigenvalue weighted by molar-refractivity contribution is -0.127. The van der Waals surface area contributed by atoms with Crippen molar-refractivity contribution in [1.29, 1.82) is 0 Å². The standard InChI is InChI=1S/C17H26N2O3/c1-11(19-12(2)20)16(22)18-10-15(21)13-6-8-14(9-7-13)17(3,4)5/h6-9,11,15,21H,10H2,1-5H3,(H,18,22)(H,19,20). The first-order chi connectivity index (χ1) is 10.1. The largest absolute Gasteiger partial charge is 0.387 e. The summed E-state index contributed by atoms with van der Waals surface area (Å²) in [4.78, 5) is 22.7. The normalized spacial score (nSPS) is 14.1. The van der Waals surface area contributed by atoms with Gasteiger partial charge in [0.25, 0.3) is 0 Å². The molecule has 0 aliphatic rings. The molecule has 0 saturated heterocycles. The first-order valence-electron chi connectivity index (χ1n) is 7.44. The fourth-order valence-corrected chi connectivity index (χ4v) is 2.04. The SMILES string of the molecule is CC(=O)NC(C)C(=O)NCC(O)c1ccc(C(C)(C)C)cc1. The quantitative estimate of drug-likeness (QED) is 0.774. The molecule has 0 radical (unpaired) electrons. The molecule has 0 aliphatic carbocycles. The Kier molecular flexibility index (Phi) is 6.11. The third-order valence-corrected chi connectivity index (χ3v) is 3.44. The van der Waals surface area contributed by atoms with Crippen molar-refractivity contribution in [2.45, 2.75) is 52.2 Å². The van der Waals surface area contributed by atoms with Crippen molar-refractivity contribution in [3.8, 4) is 0 Å². The van der Waals surface area contributed by atoms with Gasteiger partial charge in [-0.1, -0.05) is 45.0 Å². The summed E-state index contributed by atoms with van der Waals surface area (Å²) < 4.78 is 0. The topological polar surface area (TPSA) is 78.4 Å². The minimum atomic E-state index is -0.775. The zero-order valence-electron chi connectivity index (χ0n) is 13.9. The summed E-state index contributed by atoms with van der Waals surface area (Å²) in [6, 6.07) is 7.09. The lowest BCUT2D eigenvalue weighted by Gasteiger charge is -2.20. The highest BCUT2D eigenvalue weighted by Crippen LogP contribution is 2.23.